The van der Waals surface area contributed by atoms with E-state index >= 15 is 0 Å². The van der Waals surface area contributed by atoms with Gasteiger partial charge in [0, 0.05) is 28.3 Å². The summed E-state index contributed by atoms with van der Waals surface area (Å²) in [5.41, 5.74) is 1.81. The van der Waals surface area contributed by atoms with Crippen molar-refractivity contribution < 1.29 is 13.7 Å². The molecule has 0 aliphatic carbocycles. The molecule has 0 bridgehead atoms. The molecule has 3 rings (SSSR count). The Morgan fingerprint density at radius 1 is 0.808 bits per heavy atom. The van der Waals surface area contributed by atoms with Gasteiger partial charge < -0.3 is 9.05 Å². The van der Waals surface area contributed by atoms with Crippen molar-refractivity contribution in [3.63, 3.8) is 0 Å². The zero-order chi connectivity index (χ0) is 17.9. The zero-order valence-corrected chi connectivity index (χ0v) is 14.9. The number of nitrogens with zero attached hydrogens (tertiary/aromatic N) is 6. The Labute approximate surface area is 155 Å². The van der Waals surface area contributed by atoms with Crippen molar-refractivity contribution in [1.29, 1.82) is 0 Å². The zero-order valence-electron chi connectivity index (χ0n) is 14.9. The van der Waals surface area contributed by atoms with Gasteiger partial charge in [0.2, 0.25) is 0 Å². The van der Waals surface area contributed by atoms with Crippen LogP contribution in [0.2, 0.25) is 0 Å². The van der Waals surface area contributed by atoms with E-state index in [1.807, 2.05) is 41.5 Å². The third-order valence-corrected chi connectivity index (χ3v) is 2.89. The van der Waals surface area contributed by atoms with E-state index in [4.69, 9.17) is 4.52 Å². The summed E-state index contributed by atoms with van der Waals surface area (Å²) in [6.45, 7) is 12.2. The van der Waals surface area contributed by atoms with Crippen LogP contribution >= 0.6 is 0 Å². The first-order chi connectivity index (χ1) is 11.4. The van der Waals surface area contributed by atoms with Gasteiger partial charge in [0.25, 0.3) is 0 Å². The number of rotatable bonds is 3. The van der Waals surface area contributed by atoms with Crippen molar-refractivity contribution in [2.75, 3.05) is 0 Å². The largest absolute Gasteiger partial charge is 0.345 e. The van der Waals surface area contributed by atoms with Crippen LogP contribution in [0.5, 0.6) is 0 Å². The fourth-order valence-corrected chi connectivity index (χ4v) is 1.28. The molecule has 0 amide bonds. The molecule has 0 saturated carbocycles. The predicted octanol–water partition coefficient (Wildman–Crippen LogP) is 4.85. The van der Waals surface area contributed by atoms with E-state index in [0.29, 0.717) is 17.8 Å². The van der Waals surface area contributed by atoms with Gasteiger partial charge in [0.15, 0.2) is 5.76 Å². The summed E-state index contributed by atoms with van der Waals surface area (Å²) in [6, 6.07) is 0. The first-order valence-corrected chi connectivity index (χ1v) is 7.73. The Balaban J connectivity index is 0. The number of hydrogen-bond acceptors (Lipinski definition) is 9. The fraction of sp³-hybridized carbons (Fsp3) is 0.647. The standard InChI is InChI=1S/3C5H8N2O.2CH4/c1-4(2)5-3-8-7-6-5;1-4(2)5-3-6-7-8-5;1-4(2)5-3-6-8-7-5;;/h3*3-4H,1-2H3;2*1H4. The Morgan fingerprint density at radius 2 is 1.46 bits per heavy atom. The monoisotopic (exact) mass is 368 g/mol. The summed E-state index contributed by atoms with van der Waals surface area (Å²) in [5, 5.41) is 20.9. The van der Waals surface area contributed by atoms with E-state index in [1.165, 1.54) is 0 Å². The molecule has 0 aromatic carbocycles. The van der Waals surface area contributed by atoms with Crippen molar-refractivity contribution in [1.82, 2.24) is 31.1 Å². The van der Waals surface area contributed by atoms with Crippen LogP contribution in [0.4, 0.5) is 0 Å². The lowest BCUT2D eigenvalue weighted by Crippen LogP contribution is -1.85. The number of hydrogen-bond donors (Lipinski definition) is 0. The minimum Gasteiger partial charge on any atom is -0.345 e. The average molecular weight is 368 g/mol. The van der Waals surface area contributed by atoms with Gasteiger partial charge in [-0.15, -0.1) is 10.2 Å². The smallest absolute Gasteiger partial charge is 0.159 e. The highest BCUT2D eigenvalue weighted by Gasteiger charge is 2.02. The molecule has 0 fully saturated rings. The molecule has 3 aromatic heterocycles. The summed E-state index contributed by atoms with van der Waals surface area (Å²) in [4.78, 5) is 0. The third-order valence-electron chi connectivity index (χ3n) is 2.89. The van der Waals surface area contributed by atoms with Gasteiger partial charge in [-0.3, -0.25) is 0 Å². The van der Waals surface area contributed by atoms with Crippen molar-refractivity contribution >= 4 is 0 Å². The van der Waals surface area contributed by atoms with Crippen LogP contribution < -0.4 is 0 Å². The normalized spacial score (nSPS) is 9.58. The molecule has 0 unspecified atom stereocenters. The first kappa shape index (κ1) is 25.7. The Hall–Kier alpha value is -2.58. The molecular formula is C17H32N6O3. The first-order valence-electron chi connectivity index (χ1n) is 7.73. The van der Waals surface area contributed by atoms with Gasteiger partial charge in [-0.2, -0.15) is 0 Å². The van der Waals surface area contributed by atoms with Gasteiger partial charge in [-0.05, 0) is 0 Å². The van der Waals surface area contributed by atoms with Crippen LogP contribution in [0.15, 0.2) is 32.3 Å². The lowest BCUT2D eigenvalue weighted by molar-refractivity contribution is 0.302. The van der Waals surface area contributed by atoms with Gasteiger partial charge in [-0.25, -0.2) is 4.63 Å². The van der Waals surface area contributed by atoms with E-state index < -0.39 is 0 Å². The molecule has 0 aliphatic heterocycles. The molecule has 0 radical (unpaired) electrons. The molecule has 0 N–H and O–H groups in total. The lowest BCUT2D eigenvalue weighted by Gasteiger charge is -1.91. The highest BCUT2D eigenvalue weighted by Crippen LogP contribution is 2.09. The minimum atomic E-state index is 0. The second-order valence-electron chi connectivity index (χ2n) is 5.95. The second-order valence-corrected chi connectivity index (χ2v) is 5.95. The Morgan fingerprint density at radius 3 is 1.69 bits per heavy atom. The van der Waals surface area contributed by atoms with E-state index in [2.05, 4.69) is 40.2 Å². The molecule has 9 heteroatoms. The summed E-state index contributed by atoms with van der Waals surface area (Å²) in [5.74, 6) is 2.07. The van der Waals surface area contributed by atoms with Crippen LogP contribution in [0.3, 0.4) is 0 Å². The maximum atomic E-state index is 4.73. The molecule has 3 heterocycles. The van der Waals surface area contributed by atoms with Crippen LogP contribution in [-0.4, -0.2) is 31.1 Å². The average Bonchev–Trinajstić information content (AvgIpc) is 3.29. The molecule has 26 heavy (non-hydrogen) atoms. The summed E-state index contributed by atoms with van der Waals surface area (Å²) >= 11 is 0. The predicted molar refractivity (Wildman–Crippen MR) is 98.6 cm³/mol. The van der Waals surface area contributed by atoms with Crippen molar-refractivity contribution in [3.05, 3.63) is 35.8 Å². The van der Waals surface area contributed by atoms with E-state index in [1.54, 1.807) is 18.7 Å². The molecular weight excluding hydrogens is 336 g/mol. The van der Waals surface area contributed by atoms with E-state index in [9.17, 15) is 0 Å². The lowest BCUT2D eigenvalue weighted by atomic mass is 10.2. The van der Waals surface area contributed by atoms with Gasteiger partial charge >= 0.3 is 0 Å². The van der Waals surface area contributed by atoms with Gasteiger partial charge in [0.05, 0.1) is 12.4 Å². The summed E-state index contributed by atoms with van der Waals surface area (Å²) in [6.07, 6.45) is 4.82. The highest BCUT2D eigenvalue weighted by atomic mass is 16.6. The van der Waals surface area contributed by atoms with Gasteiger partial charge in [0.1, 0.15) is 17.7 Å². The third kappa shape index (κ3) is 9.65. The fourth-order valence-electron chi connectivity index (χ4n) is 1.28. The molecule has 9 nitrogen and oxygen atoms in total. The highest BCUT2D eigenvalue weighted by molar-refractivity contribution is 4.95. The quantitative estimate of drug-likeness (QED) is 0.639. The summed E-state index contributed by atoms with van der Waals surface area (Å²) in [7, 11) is 0. The molecule has 0 atom stereocenters. The number of aromatic nitrogens is 6. The van der Waals surface area contributed by atoms with Crippen LogP contribution in [-0.2, 0) is 0 Å². The molecule has 0 saturated heterocycles. The summed E-state index contributed by atoms with van der Waals surface area (Å²) < 4.78 is 13.6. The molecule has 148 valence electrons. The minimum absolute atomic E-state index is 0. The van der Waals surface area contributed by atoms with Crippen LogP contribution in [0, 0.1) is 0 Å². The molecule has 3 aromatic rings. The maximum Gasteiger partial charge on any atom is 0.159 e. The second kappa shape index (κ2) is 13.7. The van der Waals surface area contributed by atoms with Crippen LogP contribution in [0.25, 0.3) is 0 Å². The van der Waals surface area contributed by atoms with Crippen molar-refractivity contribution in [3.8, 4) is 0 Å². The van der Waals surface area contributed by atoms with Crippen molar-refractivity contribution in [2.45, 2.75) is 74.1 Å². The van der Waals surface area contributed by atoms with Gasteiger partial charge in [-0.1, -0.05) is 66.7 Å². The maximum absolute atomic E-state index is 4.73. The van der Waals surface area contributed by atoms with Crippen molar-refractivity contribution in [2.24, 2.45) is 0 Å². The Bertz CT molecular complexity index is 529. The molecule has 0 spiro atoms. The van der Waals surface area contributed by atoms with E-state index in [0.717, 1.165) is 17.1 Å². The molecule has 0 aliphatic rings. The topological polar surface area (TPSA) is 117 Å². The Kier molecular flexibility index (Phi) is 13.5. The SMILES string of the molecule is C.C.CC(C)c1cnno1.CC(C)c1cnon1.CC(C)c1conn1. The van der Waals surface area contributed by atoms with Crippen LogP contribution in [0.1, 0.15) is 91.3 Å². The van der Waals surface area contributed by atoms with E-state index in [-0.39, 0.29) is 14.9 Å².